The van der Waals surface area contributed by atoms with Crippen molar-refractivity contribution in [2.45, 2.75) is 13.5 Å². The second kappa shape index (κ2) is 6.79. The van der Waals surface area contributed by atoms with E-state index in [-0.39, 0.29) is 0 Å². The lowest BCUT2D eigenvalue weighted by molar-refractivity contribution is 0.393. The van der Waals surface area contributed by atoms with E-state index in [9.17, 15) is 9.11 Å². The summed E-state index contributed by atoms with van der Waals surface area (Å²) in [6.07, 6.45) is 0. The molecule has 2 rings (SSSR count). The maximum absolute atomic E-state index is 10.2. The van der Waals surface area contributed by atoms with Crippen molar-refractivity contribution in [1.82, 2.24) is 4.31 Å². The highest BCUT2D eigenvalue weighted by Crippen LogP contribution is 2.41. The second-order valence-electron chi connectivity index (χ2n) is 4.88. The zero-order valence-electron chi connectivity index (χ0n) is 12.2. The minimum Gasteiger partial charge on any atom is -0.275 e. The molecule has 0 aliphatic rings. The standard InChI is InChI=1S/C17H19NO2S/c1-15-8-10-16(11-9-15)12-13-21(19,20)18(2)14-17-6-4-3-5-7-17/h3-11,19-20H,14H2,1-2H3. The lowest BCUT2D eigenvalue weighted by Gasteiger charge is -2.35. The van der Waals surface area contributed by atoms with Crippen LogP contribution in [0.2, 0.25) is 0 Å². The molecule has 0 radical (unpaired) electrons. The molecule has 0 amide bonds. The molecule has 2 aromatic rings. The van der Waals surface area contributed by atoms with E-state index in [4.69, 9.17) is 0 Å². The van der Waals surface area contributed by atoms with Gasteiger partial charge in [0.25, 0.3) is 0 Å². The molecule has 3 nitrogen and oxygen atoms in total. The third-order valence-corrected chi connectivity index (χ3v) is 4.44. The van der Waals surface area contributed by atoms with Crippen LogP contribution in [0.3, 0.4) is 0 Å². The van der Waals surface area contributed by atoms with Crippen LogP contribution in [0.15, 0.2) is 54.6 Å². The van der Waals surface area contributed by atoms with E-state index >= 15 is 0 Å². The molecule has 0 unspecified atom stereocenters. The first-order valence-corrected chi connectivity index (χ1v) is 8.10. The van der Waals surface area contributed by atoms with Gasteiger partial charge in [0, 0.05) is 24.4 Å². The monoisotopic (exact) mass is 301 g/mol. The second-order valence-corrected chi connectivity index (χ2v) is 6.75. The zero-order chi connectivity index (χ0) is 15.3. The summed E-state index contributed by atoms with van der Waals surface area (Å²) in [6, 6.07) is 17.3. The molecule has 0 aliphatic carbocycles. The van der Waals surface area contributed by atoms with E-state index < -0.39 is 10.8 Å². The Morgan fingerprint density at radius 3 is 2.24 bits per heavy atom. The molecule has 21 heavy (non-hydrogen) atoms. The molecule has 2 N–H and O–H groups in total. The largest absolute Gasteiger partial charge is 0.275 e. The van der Waals surface area contributed by atoms with Gasteiger partial charge in [0.15, 0.2) is 0 Å². The first-order chi connectivity index (χ1) is 9.97. The molecule has 0 bridgehead atoms. The highest BCUT2D eigenvalue weighted by Gasteiger charge is 2.16. The summed E-state index contributed by atoms with van der Waals surface area (Å²) in [4.78, 5) is 0. The molecule has 0 aliphatic heterocycles. The van der Waals surface area contributed by atoms with E-state index in [1.54, 1.807) is 7.05 Å². The Kier molecular flexibility index (Phi) is 5.05. The Hall–Kier alpha value is -1.77. The van der Waals surface area contributed by atoms with Gasteiger partial charge in [-0.05, 0) is 30.5 Å². The van der Waals surface area contributed by atoms with Gasteiger partial charge >= 0.3 is 0 Å². The Morgan fingerprint density at radius 1 is 1.00 bits per heavy atom. The van der Waals surface area contributed by atoms with Crippen molar-refractivity contribution >= 4 is 10.8 Å². The summed E-state index contributed by atoms with van der Waals surface area (Å²) >= 11 is 0. The molecule has 110 valence electrons. The van der Waals surface area contributed by atoms with Crippen molar-refractivity contribution in [3.05, 3.63) is 71.3 Å². The molecular formula is C17H19NO2S. The third-order valence-electron chi connectivity index (χ3n) is 3.07. The fourth-order valence-electron chi connectivity index (χ4n) is 1.77. The minimum absolute atomic E-state index is 0.436. The molecular weight excluding hydrogens is 282 g/mol. The van der Waals surface area contributed by atoms with Gasteiger partial charge < -0.3 is 0 Å². The van der Waals surface area contributed by atoms with Gasteiger partial charge in [-0.3, -0.25) is 9.11 Å². The Bertz CT molecular complexity index is 642. The number of benzene rings is 2. The van der Waals surface area contributed by atoms with Crippen LogP contribution in [-0.4, -0.2) is 20.5 Å². The molecule has 2 aromatic carbocycles. The minimum atomic E-state index is -3.09. The zero-order valence-corrected chi connectivity index (χ0v) is 13.0. The summed E-state index contributed by atoms with van der Waals surface area (Å²) < 4.78 is 21.8. The molecule has 0 saturated carbocycles. The van der Waals surface area contributed by atoms with Crippen molar-refractivity contribution < 1.29 is 9.11 Å². The normalized spacial score (nSPS) is 11.9. The first-order valence-electron chi connectivity index (χ1n) is 6.60. The van der Waals surface area contributed by atoms with Gasteiger partial charge in [0.2, 0.25) is 0 Å². The van der Waals surface area contributed by atoms with E-state index in [2.05, 4.69) is 11.2 Å². The highest BCUT2D eigenvalue weighted by molar-refractivity contribution is 8.26. The SMILES string of the molecule is Cc1ccc(C#CS(O)(O)N(C)Cc2ccccc2)cc1. The van der Waals surface area contributed by atoms with Gasteiger partial charge in [-0.15, -0.1) is 0 Å². The van der Waals surface area contributed by atoms with Gasteiger partial charge in [0.1, 0.15) is 0 Å². The van der Waals surface area contributed by atoms with E-state index in [1.165, 1.54) is 4.31 Å². The summed E-state index contributed by atoms with van der Waals surface area (Å²) in [6.45, 7) is 2.43. The quantitative estimate of drug-likeness (QED) is 0.839. The van der Waals surface area contributed by atoms with Gasteiger partial charge in [-0.25, -0.2) is 0 Å². The summed E-state index contributed by atoms with van der Waals surface area (Å²) in [5.74, 6) is 2.82. The molecule has 0 spiro atoms. The Morgan fingerprint density at radius 2 is 1.62 bits per heavy atom. The van der Waals surface area contributed by atoms with E-state index in [1.807, 2.05) is 61.5 Å². The number of rotatable bonds is 3. The maximum Gasteiger partial charge on any atom is 0.0484 e. The topological polar surface area (TPSA) is 43.7 Å². The summed E-state index contributed by atoms with van der Waals surface area (Å²) in [5, 5.41) is 2.59. The highest BCUT2D eigenvalue weighted by atomic mass is 32.3. The van der Waals surface area contributed by atoms with Crippen molar-refractivity contribution in [1.29, 1.82) is 0 Å². The van der Waals surface area contributed by atoms with Crippen LogP contribution >= 0.6 is 10.8 Å². The fraction of sp³-hybridized carbons (Fsp3) is 0.176. The molecule has 4 heteroatoms. The van der Waals surface area contributed by atoms with Crippen LogP contribution < -0.4 is 0 Å². The lowest BCUT2D eigenvalue weighted by Crippen LogP contribution is -2.21. The summed E-state index contributed by atoms with van der Waals surface area (Å²) in [5.41, 5.74) is 2.93. The number of hydrogen-bond donors (Lipinski definition) is 2. The first kappa shape index (κ1) is 15.6. The fourth-order valence-corrected chi connectivity index (χ4v) is 2.51. The molecule has 0 saturated heterocycles. The third kappa shape index (κ3) is 4.62. The van der Waals surface area contributed by atoms with Crippen molar-refractivity contribution in [2.24, 2.45) is 0 Å². The average Bonchev–Trinajstić information content (AvgIpc) is 2.48. The van der Waals surface area contributed by atoms with Crippen LogP contribution in [-0.2, 0) is 6.54 Å². The van der Waals surface area contributed by atoms with Gasteiger partial charge in [-0.1, -0.05) is 58.8 Å². The Labute approximate surface area is 127 Å². The van der Waals surface area contributed by atoms with Crippen LogP contribution in [0.1, 0.15) is 16.7 Å². The molecule has 0 heterocycles. The average molecular weight is 301 g/mol. The van der Waals surface area contributed by atoms with Crippen molar-refractivity contribution in [3.63, 3.8) is 0 Å². The summed E-state index contributed by atoms with van der Waals surface area (Å²) in [7, 11) is -1.44. The number of nitrogens with zero attached hydrogens (tertiary/aromatic N) is 1. The molecule has 0 atom stereocenters. The van der Waals surface area contributed by atoms with Gasteiger partial charge in [-0.2, -0.15) is 4.31 Å². The van der Waals surface area contributed by atoms with Crippen LogP contribution in [0.4, 0.5) is 0 Å². The van der Waals surface area contributed by atoms with Crippen LogP contribution in [0.5, 0.6) is 0 Å². The van der Waals surface area contributed by atoms with Crippen LogP contribution in [0, 0.1) is 18.1 Å². The van der Waals surface area contributed by atoms with E-state index in [0.717, 1.165) is 16.7 Å². The predicted octanol–water partition coefficient (Wildman–Crippen LogP) is 4.10. The Balaban J connectivity index is 2.09. The smallest absolute Gasteiger partial charge is 0.0484 e. The lowest BCUT2D eigenvalue weighted by atomic mass is 10.2. The van der Waals surface area contributed by atoms with Crippen LogP contribution in [0.25, 0.3) is 0 Å². The van der Waals surface area contributed by atoms with E-state index in [0.29, 0.717) is 6.54 Å². The molecule has 0 fully saturated rings. The maximum atomic E-state index is 10.2. The molecule has 0 aromatic heterocycles. The van der Waals surface area contributed by atoms with Gasteiger partial charge in [0.05, 0.1) is 0 Å². The van der Waals surface area contributed by atoms with Crippen molar-refractivity contribution in [2.75, 3.05) is 7.05 Å². The predicted molar refractivity (Wildman–Crippen MR) is 88.8 cm³/mol. The number of hydrogen-bond acceptors (Lipinski definition) is 3. The number of aryl methyl sites for hydroxylation is 1. The van der Waals surface area contributed by atoms with Crippen molar-refractivity contribution in [3.8, 4) is 11.2 Å².